The van der Waals surface area contributed by atoms with Gasteiger partial charge in [0.15, 0.2) is 0 Å². The summed E-state index contributed by atoms with van der Waals surface area (Å²) in [7, 11) is -10.7. The molecule has 1 saturated heterocycles. The van der Waals surface area contributed by atoms with Gasteiger partial charge in [0.05, 0.1) is 26.2 Å². The van der Waals surface area contributed by atoms with Crippen molar-refractivity contribution in [2.75, 3.05) is 26.2 Å². The summed E-state index contributed by atoms with van der Waals surface area (Å²) in [6, 6.07) is 0. The van der Waals surface area contributed by atoms with E-state index < -0.39 is 26.7 Å². The molecule has 0 unspecified atom stereocenters. The Hall–Kier alpha value is 0.220. The van der Waals surface area contributed by atoms with Gasteiger partial charge in [-0.3, -0.25) is 9.13 Å². The largest absolute Gasteiger partial charge is 0.369 e. The van der Waals surface area contributed by atoms with Crippen LogP contribution >= 0.6 is 15.2 Å². The van der Waals surface area contributed by atoms with Crippen molar-refractivity contribution in [3.8, 4) is 0 Å². The number of quaternary nitrogens is 1. The van der Waals surface area contributed by atoms with Crippen LogP contribution in [0.15, 0.2) is 0 Å². The molecule has 1 fully saturated rings. The molecule has 22 heavy (non-hydrogen) atoms. The second-order valence-corrected chi connectivity index (χ2v) is 10.3. The van der Waals surface area contributed by atoms with Crippen LogP contribution in [-0.4, -0.2) is 60.4 Å². The Balaban J connectivity index is 2.70. The minimum Gasteiger partial charge on any atom is -0.368 e. The van der Waals surface area contributed by atoms with Gasteiger partial charge < -0.3 is 29.2 Å². The molecule has 0 aromatic heterocycles. The predicted molar refractivity (Wildman–Crippen MR) is 82.1 cm³/mol. The summed E-state index contributed by atoms with van der Waals surface area (Å²) in [6.07, 6.45) is 1.27. The van der Waals surface area contributed by atoms with Crippen LogP contribution < -0.4 is 0 Å². The van der Waals surface area contributed by atoms with Crippen LogP contribution in [0.2, 0.25) is 0 Å². The molecule has 1 rings (SSSR count). The van der Waals surface area contributed by atoms with Crippen LogP contribution in [0.5, 0.6) is 0 Å². The van der Waals surface area contributed by atoms with E-state index in [1.54, 1.807) is 0 Å². The van der Waals surface area contributed by atoms with E-state index in [1.807, 2.05) is 0 Å². The predicted octanol–water partition coefficient (Wildman–Crippen LogP) is 1.03. The van der Waals surface area contributed by atoms with Crippen molar-refractivity contribution in [3.63, 3.8) is 0 Å². The summed E-state index contributed by atoms with van der Waals surface area (Å²) in [5, 5.41) is 6.61. The van der Waals surface area contributed by atoms with Crippen LogP contribution in [0.25, 0.3) is 0 Å². The maximum absolute atomic E-state index is 11.3. The van der Waals surface area contributed by atoms with Gasteiger partial charge in [-0.25, -0.2) is 0 Å². The minimum absolute atomic E-state index is 0.119. The zero-order valence-electron chi connectivity index (χ0n) is 13.1. The second kappa shape index (κ2) is 6.99. The molecule has 0 aromatic rings. The van der Waals surface area contributed by atoms with Gasteiger partial charge >= 0.3 is 15.2 Å². The fourth-order valence-electron chi connectivity index (χ4n) is 3.17. The first-order chi connectivity index (χ1) is 9.91. The van der Waals surface area contributed by atoms with Gasteiger partial charge in [-0.15, -0.1) is 0 Å². The second-order valence-electron chi connectivity index (χ2n) is 6.27. The molecule has 1 heterocycles. The summed E-state index contributed by atoms with van der Waals surface area (Å²) in [6.45, 7) is 8.20. The van der Waals surface area contributed by atoms with Crippen LogP contribution in [-0.2, 0) is 9.13 Å². The number of hydrogen-bond donors (Lipinski definition) is 5. The number of rotatable bonds is 7. The zero-order valence-corrected chi connectivity index (χ0v) is 14.9. The van der Waals surface area contributed by atoms with Crippen molar-refractivity contribution >= 4 is 15.2 Å². The number of nitrogens with zero attached hydrogens (tertiary/aromatic N) is 1. The van der Waals surface area contributed by atoms with Crippen LogP contribution in [0.3, 0.4) is 0 Å². The number of likely N-dealkylation sites (tertiary alicyclic amines) is 1. The van der Waals surface area contributed by atoms with E-state index in [9.17, 15) is 14.2 Å². The number of piperidine rings is 1. The highest BCUT2D eigenvalue weighted by Gasteiger charge is 2.59. The lowest BCUT2D eigenvalue weighted by atomic mass is 9.90. The molecule has 0 aromatic carbocycles. The van der Waals surface area contributed by atoms with E-state index >= 15 is 0 Å². The highest BCUT2D eigenvalue weighted by atomic mass is 31.2. The molecule has 132 valence electrons. The Bertz CT molecular complexity index is 436. The van der Waals surface area contributed by atoms with E-state index in [2.05, 4.69) is 13.8 Å². The minimum atomic E-state index is -5.33. The van der Waals surface area contributed by atoms with Crippen molar-refractivity contribution < 1.29 is 38.3 Å². The summed E-state index contributed by atoms with van der Waals surface area (Å²) in [4.78, 5) is 36.5. The standard InChI is InChI=1S/C12H27NO7P2/c1-3-13(4-2)9-6-11(7-10-13)5-8-12(14,21(15,16)17)22(18,19)20/h11,14H,3-10H2,1-2H3,(H3-,15,16,17,18,19,20)/p+1. The van der Waals surface area contributed by atoms with E-state index in [4.69, 9.17) is 19.6 Å². The van der Waals surface area contributed by atoms with E-state index in [1.165, 1.54) is 0 Å². The molecule has 1 aliphatic heterocycles. The maximum atomic E-state index is 11.3. The average Bonchev–Trinajstić information content (AvgIpc) is 2.43. The number of hydrogen-bond acceptors (Lipinski definition) is 3. The quantitative estimate of drug-likeness (QED) is 0.338. The smallest absolute Gasteiger partial charge is 0.368 e. The Morgan fingerprint density at radius 3 is 1.73 bits per heavy atom. The fourth-order valence-corrected chi connectivity index (χ4v) is 5.37. The summed E-state index contributed by atoms with van der Waals surface area (Å²) < 4.78 is 23.6. The van der Waals surface area contributed by atoms with Crippen molar-refractivity contribution in [2.45, 2.75) is 44.6 Å². The van der Waals surface area contributed by atoms with E-state index in [0.29, 0.717) is 0 Å². The van der Waals surface area contributed by atoms with Crippen molar-refractivity contribution in [3.05, 3.63) is 0 Å². The van der Waals surface area contributed by atoms with Crippen LogP contribution in [0, 0.1) is 5.92 Å². The number of aliphatic hydroxyl groups is 1. The highest BCUT2D eigenvalue weighted by molar-refractivity contribution is 7.72. The lowest BCUT2D eigenvalue weighted by Gasteiger charge is -2.43. The first kappa shape index (κ1) is 20.3. The van der Waals surface area contributed by atoms with Crippen molar-refractivity contribution in [2.24, 2.45) is 5.92 Å². The molecule has 0 aliphatic carbocycles. The molecule has 0 saturated carbocycles. The van der Waals surface area contributed by atoms with Crippen LogP contribution in [0.4, 0.5) is 0 Å². The van der Waals surface area contributed by atoms with E-state index in [-0.39, 0.29) is 12.3 Å². The first-order valence-corrected chi connectivity index (χ1v) is 10.8. The molecule has 8 nitrogen and oxygen atoms in total. The van der Waals surface area contributed by atoms with Gasteiger partial charge in [0.2, 0.25) is 0 Å². The molecule has 0 amide bonds. The topological polar surface area (TPSA) is 135 Å². The molecular formula is C12H28NO7P2+. The Labute approximate surface area is 131 Å². The molecule has 0 radical (unpaired) electrons. The lowest BCUT2D eigenvalue weighted by Crippen LogP contribution is -2.52. The SMILES string of the molecule is CC[N+]1(CC)CCC(CCC(O)(P(=O)(O)O)P(=O)(O)O)CC1. The molecule has 1 aliphatic rings. The Morgan fingerprint density at radius 2 is 1.41 bits per heavy atom. The molecule has 0 atom stereocenters. The lowest BCUT2D eigenvalue weighted by molar-refractivity contribution is -0.930. The third-order valence-electron chi connectivity index (χ3n) is 5.19. The zero-order chi connectivity index (χ0) is 17.2. The average molecular weight is 360 g/mol. The molecule has 10 heteroatoms. The van der Waals surface area contributed by atoms with Gasteiger partial charge in [-0.05, 0) is 39.0 Å². The van der Waals surface area contributed by atoms with Crippen molar-refractivity contribution in [1.82, 2.24) is 0 Å². The van der Waals surface area contributed by atoms with Crippen molar-refractivity contribution in [1.29, 1.82) is 0 Å². The molecule has 0 bridgehead atoms. The van der Waals surface area contributed by atoms with Crippen LogP contribution in [0.1, 0.15) is 39.5 Å². The van der Waals surface area contributed by atoms with Gasteiger partial charge in [-0.2, -0.15) is 0 Å². The first-order valence-electron chi connectivity index (χ1n) is 7.59. The molecule has 5 N–H and O–H groups in total. The molecule has 0 spiro atoms. The maximum Gasteiger partial charge on any atom is 0.369 e. The summed E-state index contributed by atoms with van der Waals surface area (Å²) >= 11 is 0. The summed E-state index contributed by atoms with van der Waals surface area (Å²) in [5.41, 5.74) is 0. The molecular weight excluding hydrogens is 332 g/mol. The van der Waals surface area contributed by atoms with Gasteiger partial charge in [0.25, 0.3) is 5.08 Å². The Morgan fingerprint density at radius 1 is 1.00 bits per heavy atom. The van der Waals surface area contributed by atoms with Gasteiger partial charge in [0.1, 0.15) is 0 Å². The fraction of sp³-hybridized carbons (Fsp3) is 1.00. The summed E-state index contributed by atoms with van der Waals surface area (Å²) in [5.74, 6) is 0.119. The van der Waals surface area contributed by atoms with Gasteiger partial charge in [0, 0.05) is 6.42 Å². The monoisotopic (exact) mass is 360 g/mol. The third kappa shape index (κ3) is 4.19. The highest BCUT2D eigenvalue weighted by Crippen LogP contribution is 2.69. The normalized spacial score (nSPS) is 21.0. The van der Waals surface area contributed by atoms with Gasteiger partial charge in [-0.1, -0.05) is 0 Å². The van der Waals surface area contributed by atoms with E-state index in [0.717, 1.165) is 43.5 Å². The third-order valence-corrected chi connectivity index (χ3v) is 9.06. The Kier molecular flexibility index (Phi) is 6.44.